The van der Waals surface area contributed by atoms with Crippen molar-refractivity contribution in [2.75, 3.05) is 13.1 Å². The Morgan fingerprint density at radius 2 is 1.85 bits per heavy atom. The topological polar surface area (TPSA) is 135 Å². The van der Waals surface area contributed by atoms with Crippen molar-refractivity contribution in [3.63, 3.8) is 0 Å². The van der Waals surface area contributed by atoms with Gasteiger partial charge in [0.1, 0.15) is 18.7 Å². The molecule has 2 bridgehead atoms. The van der Waals surface area contributed by atoms with Crippen molar-refractivity contribution in [1.29, 1.82) is 0 Å². The van der Waals surface area contributed by atoms with Crippen LogP contribution in [0.4, 0.5) is 4.79 Å². The highest BCUT2D eigenvalue weighted by Crippen LogP contribution is 2.65. The third-order valence-electron chi connectivity index (χ3n) is 11.3. The number of hydrogen-bond acceptors (Lipinski definition) is 7. The first kappa shape index (κ1) is 36.4. The van der Waals surface area contributed by atoms with E-state index in [4.69, 9.17) is 14.0 Å². The summed E-state index contributed by atoms with van der Waals surface area (Å²) in [6.07, 6.45) is 5.48. The zero-order valence-electron chi connectivity index (χ0n) is 29.6. The van der Waals surface area contributed by atoms with Gasteiger partial charge in [0, 0.05) is 21.2 Å². The smallest absolute Gasteiger partial charge is 0.445 e. The Bertz CT molecular complexity index is 1310. The lowest BCUT2D eigenvalue weighted by Crippen LogP contribution is -2.65. The number of carbonyl (C=O) groups excluding carboxylic acids is 4. The highest BCUT2D eigenvalue weighted by Gasteiger charge is 2.68. The Balaban J connectivity index is 1.26. The van der Waals surface area contributed by atoms with Crippen LogP contribution >= 0.6 is 0 Å². The van der Waals surface area contributed by atoms with Gasteiger partial charge in [0.2, 0.25) is 18.2 Å². The second kappa shape index (κ2) is 14.9. The monoisotopic (exact) mass is 682 g/mol. The van der Waals surface area contributed by atoms with E-state index in [-0.39, 0.29) is 29.9 Å². The number of likely N-dealkylation sites (tertiary alicyclic amines) is 1. The van der Waals surface area contributed by atoms with E-state index in [9.17, 15) is 19.2 Å². The molecule has 1 aromatic rings. The lowest BCUT2D eigenvalue weighted by atomic mass is 9.43. The van der Waals surface area contributed by atoms with Crippen LogP contribution in [-0.2, 0) is 35.0 Å². The summed E-state index contributed by atoms with van der Waals surface area (Å²) < 4.78 is 18.8. The number of rotatable bonds is 15. The minimum atomic E-state index is -1.82. The van der Waals surface area contributed by atoms with E-state index < -0.39 is 44.9 Å². The largest absolute Gasteiger partial charge is 0.481 e. The van der Waals surface area contributed by atoms with Crippen molar-refractivity contribution in [2.45, 2.75) is 128 Å². The van der Waals surface area contributed by atoms with Crippen LogP contribution in [0.15, 0.2) is 30.3 Å². The van der Waals surface area contributed by atoms with Crippen LogP contribution in [0.3, 0.4) is 0 Å². The molecule has 2 aliphatic heterocycles. The van der Waals surface area contributed by atoms with Gasteiger partial charge in [0.25, 0.3) is 0 Å². The molecule has 5 aliphatic rings. The predicted molar refractivity (Wildman–Crippen MR) is 186 cm³/mol. The molecule has 0 unspecified atom stereocenters. The molecule has 6 rings (SSSR count). The number of amides is 4. The summed E-state index contributed by atoms with van der Waals surface area (Å²) in [5, 5.41) is 8.79. The molecule has 1 aromatic carbocycles. The second-order valence-corrected chi connectivity index (χ2v) is 21.8. The summed E-state index contributed by atoms with van der Waals surface area (Å²) in [6, 6.07) is 8.49. The number of hydrogen-bond donors (Lipinski definition) is 3. The fourth-order valence-electron chi connectivity index (χ4n) is 8.50. The number of benzene rings is 1. The van der Waals surface area contributed by atoms with Gasteiger partial charge in [-0.1, -0.05) is 70.2 Å². The van der Waals surface area contributed by atoms with Gasteiger partial charge in [-0.3, -0.25) is 14.4 Å². The van der Waals surface area contributed by atoms with Gasteiger partial charge in [-0.05, 0) is 74.3 Å². The molecule has 2 saturated heterocycles. The molecule has 2 heterocycles. The van der Waals surface area contributed by atoms with Gasteiger partial charge in [-0.15, -0.1) is 0 Å². The normalized spacial score (nSPS) is 28.5. The summed E-state index contributed by atoms with van der Waals surface area (Å²) in [5.41, 5.74) is 0.642. The summed E-state index contributed by atoms with van der Waals surface area (Å²) in [6.45, 7) is 14.4. The summed E-state index contributed by atoms with van der Waals surface area (Å²) in [4.78, 5) is 53.4. The molecule has 7 atom stereocenters. The Kier molecular flexibility index (Phi) is 11.3. The molecule has 0 aromatic heterocycles. The van der Waals surface area contributed by atoms with Gasteiger partial charge in [0.15, 0.2) is 0 Å². The van der Waals surface area contributed by atoms with Crippen LogP contribution in [0.2, 0.25) is 25.7 Å². The third kappa shape index (κ3) is 8.10. The van der Waals surface area contributed by atoms with Crippen molar-refractivity contribution in [2.24, 2.45) is 17.3 Å². The Morgan fingerprint density at radius 1 is 1.10 bits per heavy atom. The minimum Gasteiger partial charge on any atom is -0.445 e. The zero-order chi connectivity index (χ0) is 34.7. The van der Waals surface area contributed by atoms with Crippen LogP contribution in [0, 0.1) is 17.3 Å². The Morgan fingerprint density at radius 3 is 2.54 bits per heavy atom. The quantitative estimate of drug-likeness (QED) is 0.143. The molecule has 11 nitrogen and oxygen atoms in total. The number of alkyl carbamates (subject to hydrolysis) is 1. The standard InChI is InChI=1S/C35H55BN4O7Si/c1-34(2)25-19-28(34)35(3)29(20-25)46-36(47-35)30(16-10-11-17-37-23-41)39-31(42)27-15-12-18-40(27)32(43)26(22-48(4,5)6)38-33(44)45-21-24-13-8-7-9-14-24/h7-9,13-14,23,25-30H,10-12,15-22H2,1-6H3,(H,37,41)(H,38,44)(H,39,42)/t25-,26+,27-,28-,29+,30-,35-/m0/s1. The third-order valence-corrected chi connectivity index (χ3v) is 12.9. The molecule has 13 heteroatoms. The molecule has 4 amide bonds. The van der Waals surface area contributed by atoms with E-state index in [1.54, 1.807) is 4.90 Å². The number of nitrogens with zero attached hydrogens (tertiary/aromatic N) is 1. The summed E-state index contributed by atoms with van der Waals surface area (Å²) >= 11 is 0. The SMILES string of the molecule is CC1(C)[C@@H]2C[C@H]3OB([C@H](CCCCNC=O)NC(=O)[C@@H]4CCCN4C(=O)[C@@H](C[Si](C)(C)C)NC(=O)OCc4ccccc4)O[C@@]3(C)[C@H]1C2. The first-order valence-corrected chi connectivity index (χ1v) is 21.5. The fraction of sp³-hybridized carbons (Fsp3) is 0.714. The molecular formula is C35H55BN4O7Si. The molecule has 5 fully saturated rings. The average molecular weight is 683 g/mol. The van der Waals surface area contributed by atoms with E-state index in [2.05, 4.69) is 56.4 Å². The van der Waals surface area contributed by atoms with Crippen LogP contribution in [0.1, 0.15) is 71.3 Å². The summed E-state index contributed by atoms with van der Waals surface area (Å²) in [5.74, 6) is 0.115. The maximum Gasteiger partial charge on any atom is 0.481 e. The lowest BCUT2D eigenvalue weighted by molar-refractivity contribution is -0.199. The molecule has 48 heavy (non-hydrogen) atoms. The van der Waals surface area contributed by atoms with E-state index in [1.165, 1.54) is 0 Å². The van der Waals surface area contributed by atoms with Crippen molar-refractivity contribution in [1.82, 2.24) is 20.9 Å². The minimum absolute atomic E-state index is 0.0185. The lowest BCUT2D eigenvalue weighted by Gasteiger charge is -2.64. The number of ether oxygens (including phenoxy) is 1. The molecule has 3 N–H and O–H groups in total. The molecular weight excluding hydrogens is 627 g/mol. The molecule has 0 radical (unpaired) electrons. The highest BCUT2D eigenvalue weighted by atomic mass is 28.3. The number of nitrogens with one attached hydrogen (secondary N) is 3. The number of carbonyl (C=O) groups is 4. The zero-order valence-corrected chi connectivity index (χ0v) is 30.6. The van der Waals surface area contributed by atoms with Gasteiger partial charge in [0.05, 0.1) is 17.6 Å². The van der Waals surface area contributed by atoms with Crippen LogP contribution < -0.4 is 16.0 Å². The highest BCUT2D eigenvalue weighted by molar-refractivity contribution is 6.76. The molecule has 3 saturated carbocycles. The van der Waals surface area contributed by atoms with Crippen molar-refractivity contribution in [3.8, 4) is 0 Å². The van der Waals surface area contributed by atoms with Crippen LogP contribution in [0.25, 0.3) is 0 Å². The van der Waals surface area contributed by atoms with Crippen molar-refractivity contribution >= 4 is 39.5 Å². The predicted octanol–water partition coefficient (Wildman–Crippen LogP) is 4.28. The Labute approximate surface area is 287 Å². The average Bonchev–Trinajstić information content (AvgIpc) is 3.67. The maximum atomic E-state index is 14.1. The molecule has 264 valence electrons. The van der Waals surface area contributed by atoms with Crippen LogP contribution in [-0.4, -0.2) is 87.2 Å². The fourth-order valence-corrected chi connectivity index (χ4v) is 10.0. The first-order chi connectivity index (χ1) is 22.7. The number of unbranched alkanes of at least 4 members (excludes halogenated alkanes) is 1. The second-order valence-electron chi connectivity index (χ2n) is 16.2. The van der Waals surface area contributed by atoms with Crippen LogP contribution in [0.5, 0.6) is 0 Å². The van der Waals surface area contributed by atoms with E-state index in [0.29, 0.717) is 56.6 Å². The van der Waals surface area contributed by atoms with Gasteiger partial charge in [-0.2, -0.15) is 0 Å². The molecule has 3 aliphatic carbocycles. The van der Waals surface area contributed by atoms with E-state index in [0.717, 1.165) is 31.2 Å². The van der Waals surface area contributed by atoms with Crippen molar-refractivity contribution in [3.05, 3.63) is 35.9 Å². The van der Waals surface area contributed by atoms with Crippen molar-refractivity contribution < 1.29 is 33.2 Å². The van der Waals surface area contributed by atoms with Gasteiger partial charge >= 0.3 is 13.2 Å². The van der Waals surface area contributed by atoms with Gasteiger partial charge < -0.3 is 34.9 Å². The summed E-state index contributed by atoms with van der Waals surface area (Å²) in [7, 11) is -2.41. The maximum absolute atomic E-state index is 14.1. The van der Waals surface area contributed by atoms with E-state index >= 15 is 0 Å². The first-order valence-electron chi connectivity index (χ1n) is 17.8. The Hall–Kier alpha value is -2.90. The molecule has 0 spiro atoms. The van der Waals surface area contributed by atoms with Gasteiger partial charge in [-0.25, -0.2) is 4.79 Å². The van der Waals surface area contributed by atoms with E-state index in [1.807, 2.05) is 30.3 Å².